The van der Waals surface area contributed by atoms with Crippen molar-refractivity contribution in [3.8, 4) is 0 Å². The zero-order valence-corrected chi connectivity index (χ0v) is 12.3. The predicted molar refractivity (Wildman–Crippen MR) is 80.8 cm³/mol. The number of aliphatic carboxylic acids is 1. The van der Waals surface area contributed by atoms with Crippen LogP contribution in [-0.2, 0) is 11.3 Å². The molecule has 0 heterocycles. The Hall–Kier alpha value is -1.35. The molecule has 1 saturated carbocycles. The molecule has 3 heteroatoms. The summed E-state index contributed by atoms with van der Waals surface area (Å²) in [5.74, 6) is -0.270. The summed E-state index contributed by atoms with van der Waals surface area (Å²) in [6, 6.07) is 7.90. The average molecular weight is 275 g/mol. The van der Waals surface area contributed by atoms with E-state index < -0.39 is 11.9 Å². The smallest absolute Gasteiger partial charge is 0.310 e. The molecule has 1 atom stereocenters. The molecule has 1 fully saturated rings. The Labute approximate surface area is 121 Å². The highest BCUT2D eigenvalue weighted by Gasteiger charge is 2.14. The molecule has 1 aromatic carbocycles. The first-order chi connectivity index (χ1) is 9.66. The van der Waals surface area contributed by atoms with E-state index in [9.17, 15) is 4.79 Å². The summed E-state index contributed by atoms with van der Waals surface area (Å²) < 4.78 is 0. The molecule has 0 radical (unpaired) electrons. The van der Waals surface area contributed by atoms with Crippen molar-refractivity contribution in [1.29, 1.82) is 0 Å². The maximum atomic E-state index is 10.9. The fourth-order valence-corrected chi connectivity index (χ4v) is 2.90. The fraction of sp³-hybridized carbons (Fsp3) is 0.588. The number of carboxylic acid groups (broad SMARTS) is 1. The van der Waals surface area contributed by atoms with Gasteiger partial charge in [-0.25, -0.2) is 0 Å². The maximum absolute atomic E-state index is 10.9. The van der Waals surface area contributed by atoms with Crippen LogP contribution in [0.15, 0.2) is 24.3 Å². The molecule has 1 aliphatic carbocycles. The molecule has 0 amide bonds. The Bertz CT molecular complexity index is 421. The van der Waals surface area contributed by atoms with Gasteiger partial charge >= 0.3 is 5.97 Å². The second-order valence-corrected chi connectivity index (χ2v) is 5.92. The van der Waals surface area contributed by atoms with Crippen LogP contribution in [0.1, 0.15) is 56.1 Å². The molecule has 2 N–H and O–H groups in total. The minimum Gasteiger partial charge on any atom is -0.481 e. The van der Waals surface area contributed by atoms with E-state index >= 15 is 0 Å². The highest BCUT2D eigenvalue weighted by Crippen LogP contribution is 2.26. The van der Waals surface area contributed by atoms with E-state index in [0.29, 0.717) is 0 Å². The van der Waals surface area contributed by atoms with Crippen molar-refractivity contribution in [2.75, 3.05) is 6.54 Å². The average Bonchev–Trinajstić information content (AvgIpc) is 2.96. The van der Waals surface area contributed by atoms with E-state index in [1.807, 2.05) is 24.3 Å². The highest BCUT2D eigenvalue weighted by atomic mass is 16.4. The van der Waals surface area contributed by atoms with Crippen molar-refractivity contribution in [2.45, 2.75) is 51.5 Å². The number of hydrogen-bond donors (Lipinski definition) is 2. The van der Waals surface area contributed by atoms with Gasteiger partial charge in [-0.15, -0.1) is 0 Å². The molecular weight excluding hydrogens is 250 g/mol. The zero-order valence-electron chi connectivity index (χ0n) is 12.3. The Kier molecular flexibility index (Phi) is 5.60. The summed E-state index contributed by atoms with van der Waals surface area (Å²) in [6.45, 7) is 3.67. The first-order valence-electron chi connectivity index (χ1n) is 7.69. The quantitative estimate of drug-likeness (QED) is 0.748. The van der Waals surface area contributed by atoms with E-state index in [2.05, 4.69) is 5.32 Å². The Morgan fingerprint density at radius 2 is 1.95 bits per heavy atom. The third-order valence-corrected chi connectivity index (χ3v) is 4.38. The lowest BCUT2D eigenvalue weighted by Gasteiger charge is -2.11. The van der Waals surface area contributed by atoms with E-state index in [0.717, 1.165) is 24.6 Å². The predicted octanol–water partition coefficient (Wildman–Crippen LogP) is 3.54. The summed E-state index contributed by atoms with van der Waals surface area (Å²) in [4.78, 5) is 10.9. The third-order valence-electron chi connectivity index (χ3n) is 4.38. The molecule has 0 aliphatic heterocycles. The Morgan fingerprint density at radius 3 is 2.55 bits per heavy atom. The van der Waals surface area contributed by atoms with E-state index in [1.165, 1.54) is 37.7 Å². The molecule has 3 nitrogen and oxygen atoms in total. The van der Waals surface area contributed by atoms with Gasteiger partial charge in [0.05, 0.1) is 5.92 Å². The van der Waals surface area contributed by atoms with Crippen molar-refractivity contribution in [3.05, 3.63) is 35.4 Å². The van der Waals surface area contributed by atoms with Crippen LogP contribution >= 0.6 is 0 Å². The molecular formula is C17H25NO2. The largest absolute Gasteiger partial charge is 0.481 e. The minimum atomic E-state index is -0.771. The standard InChI is InChI=1S/C17H25NO2/c1-13(17(19)20)16-8-6-15(7-9-16)12-18-11-10-14-4-2-3-5-14/h6-9,13-14,18H,2-5,10-12H2,1H3,(H,19,20). The zero-order chi connectivity index (χ0) is 14.4. The van der Waals surface area contributed by atoms with Gasteiger partial charge in [0, 0.05) is 6.54 Å². The minimum absolute atomic E-state index is 0.431. The highest BCUT2D eigenvalue weighted by molar-refractivity contribution is 5.75. The summed E-state index contributed by atoms with van der Waals surface area (Å²) in [5, 5.41) is 12.5. The number of carboxylic acids is 1. The lowest BCUT2D eigenvalue weighted by atomic mass is 10.00. The van der Waals surface area contributed by atoms with E-state index in [4.69, 9.17) is 5.11 Å². The van der Waals surface area contributed by atoms with Crippen molar-refractivity contribution in [1.82, 2.24) is 5.32 Å². The molecule has 0 saturated heterocycles. The second-order valence-electron chi connectivity index (χ2n) is 5.92. The molecule has 110 valence electrons. The normalized spacial score (nSPS) is 17.2. The molecule has 1 aliphatic rings. The molecule has 2 rings (SSSR count). The van der Waals surface area contributed by atoms with Gasteiger partial charge in [-0.05, 0) is 36.9 Å². The number of carbonyl (C=O) groups is 1. The molecule has 0 spiro atoms. The Balaban J connectivity index is 1.71. The molecule has 20 heavy (non-hydrogen) atoms. The van der Waals surface area contributed by atoms with Gasteiger partial charge in [0.25, 0.3) is 0 Å². The second kappa shape index (κ2) is 7.44. The van der Waals surface area contributed by atoms with Crippen LogP contribution < -0.4 is 5.32 Å². The topological polar surface area (TPSA) is 49.3 Å². The Morgan fingerprint density at radius 1 is 1.30 bits per heavy atom. The van der Waals surface area contributed by atoms with Gasteiger partial charge in [0.2, 0.25) is 0 Å². The molecule has 1 unspecified atom stereocenters. The molecule has 0 aromatic heterocycles. The van der Waals surface area contributed by atoms with Crippen molar-refractivity contribution >= 4 is 5.97 Å². The van der Waals surface area contributed by atoms with Crippen LogP contribution in [0.2, 0.25) is 0 Å². The van der Waals surface area contributed by atoms with E-state index in [-0.39, 0.29) is 0 Å². The van der Waals surface area contributed by atoms with Crippen molar-refractivity contribution in [2.24, 2.45) is 5.92 Å². The van der Waals surface area contributed by atoms with Crippen molar-refractivity contribution < 1.29 is 9.90 Å². The fourth-order valence-electron chi connectivity index (χ4n) is 2.90. The lowest BCUT2D eigenvalue weighted by Crippen LogP contribution is -2.17. The number of hydrogen-bond acceptors (Lipinski definition) is 2. The van der Waals surface area contributed by atoms with Gasteiger partial charge in [-0.2, -0.15) is 0 Å². The van der Waals surface area contributed by atoms with Crippen LogP contribution in [-0.4, -0.2) is 17.6 Å². The van der Waals surface area contributed by atoms with Gasteiger partial charge in [0.1, 0.15) is 0 Å². The van der Waals surface area contributed by atoms with Crippen LogP contribution in [0.4, 0.5) is 0 Å². The van der Waals surface area contributed by atoms with Gasteiger partial charge in [-0.3, -0.25) is 4.79 Å². The molecule has 1 aromatic rings. The van der Waals surface area contributed by atoms with Crippen LogP contribution in [0, 0.1) is 5.92 Å². The maximum Gasteiger partial charge on any atom is 0.310 e. The van der Waals surface area contributed by atoms with Crippen LogP contribution in [0.3, 0.4) is 0 Å². The van der Waals surface area contributed by atoms with Crippen LogP contribution in [0.5, 0.6) is 0 Å². The van der Waals surface area contributed by atoms with E-state index in [1.54, 1.807) is 6.92 Å². The SMILES string of the molecule is CC(C(=O)O)c1ccc(CNCCC2CCCC2)cc1. The monoisotopic (exact) mass is 275 g/mol. The number of benzene rings is 1. The third kappa shape index (κ3) is 4.34. The van der Waals surface area contributed by atoms with Crippen molar-refractivity contribution in [3.63, 3.8) is 0 Å². The summed E-state index contributed by atoms with van der Waals surface area (Å²) in [6.07, 6.45) is 6.92. The molecule has 0 bridgehead atoms. The summed E-state index contributed by atoms with van der Waals surface area (Å²) in [7, 11) is 0. The first-order valence-corrected chi connectivity index (χ1v) is 7.69. The van der Waals surface area contributed by atoms with Crippen LogP contribution in [0.25, 0.3) is 0 Å². The lowest BCUT2D eigenvalue weighted by molar-refractivity contribution is -0.138. The summed E-state index contributed by atoms with van der Waals surface area (Å²) in [5.41, 5.74) is 2.09. The first kappa shape index (κ1) is 15.0. The number of nitrogens with one attached hydrogen (secondary N) is 1. The van der Waals surface area contributed by atoms with Gasteiger partial charge in [0.15, 0.2) is 0 Å². The van der Waals surface area contributed by atoms with Gasteiger partial charge < -0.3 is 10.4 Å². The summed E-state index contributed by atoms with van der Waals surface area (Å²) >= 11 is 0. The number of rotatable bonds is 7. The van der Waals surface area contributed by atoms with Gasteiger partial charge in [-0.1, -0.05) is 49.9 Å².